The van der Waals surface area contributed by atoms with Gasteiger partial charge in [0.2, 0.25) is 0 Å². The Balaban J connectivity index is 2.76. The van der Waals surface area contributed by atoms with Gasteiger partial charge in [0.15, 0.2) is 0 Å². The first-order valence-electron chi connectivity index (χ1n) is 4.39. The topological polar surface area (TPSA) is 68.3 Å². The number of nitrogens with two attached hydrogens (primary N) is 1. The summed E-state index contributed by atoms with van der Waals surface area (Å²) in [5.41, 5.74) is 6.91. The monoisotopic (exact) mass is 213 g/mol. The highest BCUT2D eigenvalue weighted by Gasteiger charge is 1.97. The highest BCUT2D eigenvalue weighted by molar-refractivity contribution is 7.92. The van der Waals surface area contributed by atoms with Gasteiger partial charge in [-0.25, -0.2) is 4.36 Å². The van der Waals surface area contributed by atoms with Crippen LogP contribution in [-0.2, 0) is 16.3 Å². The molecule has 0 fully saturated rings. The van der Waals surface area contributed by atoms with Gasteiger partial charge in [-0.3, -0.25) is 9.19 Å². The Labute approximate surface area is 84.7 Å². The first kappa shape index (κ1) is 11.0. The molecule has 0 bridgehead atoms. The van der Waals surface area contributed by atoms with E-state index in [1.807, 2.05) is 6.92 Å². The molecule has 0 aromatic carbocycles. The van der Waals surface area contributed by atoms with Crippen molar-refractivity contribution in [3.8, 4) is 0 Å². The van der Waals surface area contributed by atoms with Crippen molar-refractivity contribution in [3.63, 3.8) is 0 Å². The summed E-state index contributed by atoms with van der Waals surface area (Å²) in [7, 11) is -2.02. The van der Waals surface area contributed by atoms with Crippen molar-refractivity contribution in [3.05, 3.63) is 24.0 Å². The van der Waals surface area contributed by atoms with Gasteiger partial charge in [-0.05, 0) is 12.1 Å². The van der Waals surface area contributed by atoms with Crippen molar-refractivity contribution in [2.24, 2.45) is 4.36 Å². The van der Waals surface area contributed by atoms with Gasteiger partial charge in [0.1, 0.15) is 0 Å². The summed E-state index contributed by atoms with van der Waals surface area (Å²) in [6.45, 7) is 2.26. The summed E-state index contributed by atoms with van der Waals surface area (Å²) in [4.78, 5) is 4.07. The standard InChI is InChI=1S/C9H15N3OS/c1-3-14(2,13)12-7-9-5-4-8(10)6-11-9/h4-6H,3,7,10H2,1-2H3. The van der Waals surface area contributed by atoms with Crippen LogP contribution < -0.4 is 5.73 Å². The van der Waals surface area contributed by atoms with E-state index in [-0.39, 0.29) is 0 Å². The Morgan fingerprint density at radius 2 is 2.29 bits per heavy atom. The van der Waals surface area contributed by atoms with Gasteiger partial charge in [-0.2, -0.15) is 0 Å². The van der Waals surface area contributed by atoms with Crippen LogP contribution in [0, 0.1) is 0 Å². The van der Waals surface area contributed by atoms with Crippen molar-refractivity contribution in [2.75, 3.05) is 17.7 Å². The molecule has 1 unspecified atom stereocenters. The van der Waals surface area contributed by atoms with Crippen LogP contribution in [0.2, 0.25) is 0 Å². The smallest absolute Gasteiger partial charge is 0.0906 e. The second kappa shape index (κ2) is 4.41. The number of hydrogen-bond donors (Lipinski definition) is 1. The Morgan fingerprint density at radius 3 is 2.79 bits per heavy atom. The third-order valence-electron chi connectivity index (χ3n) is 1.88. The molecule has 1 atom stereocenters. The Morgan fingerprint density at radius 1 is 1.57 bits per heavy atom. The zero-order valence-electron chi connectivity index (χ0n) is 8.43. The number of anilines is 1. The molecular formula is C9H15N3OS. The lowest BCUT2D eigenvalue weighted by molar-refractivity contribution is 0.679. The number of pyridine rings is 1. The van der Waals surface area contributed by atoms with E-state index < -0.39 is 9.73 Å². The SMILES string of the molecule is CCS(C)(=O)=NCc1ccc(N)cn1. The van der Waals surface area contributed by atoms with Gasteiger partial charge < -0.3 is 5.73 Å². The van der Waals surface area contributed by atoms with E-state index in [0.717, 1.165) is 5.69 Å². The summed E-state index contributed by atoms with van der Waals surface area (Å²) in [5.74, 6) is 0.571. The highest BCUT2D eigenvalue weighted by Crippen LogP contribution is 2.03. The minimum absolute atomic E-state index is 0.392. The Bertz CT molecular complexity index is 405. The summed E-state index contributed by atoms with van der Waals surface area (Å²) < 4.78 is 15.7. The fourth-order valence-corrected chi connectivity index (χ4v) is 1.41. The molecule has 14 heavy (non-hydrogen) atoms. The number of nitrogen functional groups attached to an aromatic ring is 1. The summed E-state index contributed by atoms with van der Waals surface area (Å²) in [6.07, 6.45) is 3.23. The molecule has 0 aliphatic rings. The quantitative estimate of drug-likeness (QED) is 0.822. The predicted molar refractivity (Wildman–Crippen MR) is 59.4 cm³/mol. The highest BCUT2D eigenvalue weighted by atomic mass is 32.2. The van der Waals surface area contributed by atoms with Crippen molar-refractivity contribution < 1.29 is 4.21 Å². The fourth-order valence-electron chi connectivity index (χ4n) is 0.823. The van der Waals surface area contributed by atoms with E-state index in [0.29, 0.717) is 18.0 Å². The third kappa shape index (κ3) is 3.33. The van der Waals surface area contributed by atoms with Crippen molar-refractivity contribution in [1.82, 2.24) is 4.98 Å². The largest absolute Gasteiger partial charge is 0.397 e. The van der Waals surface area contributed by atoms with Crippen LogP contribution in [0.3, 0.4) is 0 Å². The van der Waals surface area contributed by atoms with Crippen LogP contribution in [-0.4, -0.2) is 21.2 Å². The minimum Gasteiger partial charge on any atom is -0.397 e. The van der Waals surface area contributed by atoms with Gasteiger partial charge in [0.25, 0.3) is 0 Å². The summed E-state index contributed by atoms with van der Waals surface area (Å²) in [6, 6.07) is 3.56. The van der Waals surface area contributed by atoms with Gasteiger partial charge in [0.05, 0.1) is 24.1 Å². The van der Waals surface area contributed by atoms with Crippen molar-refractivity contribution >= 4 is 15.4 Å². The van der Waals surface area contributed by atoms with Gasteiger partial charge >= 0.3 is 0 Å². The van der Waals surface area contributed by atoms with Gasteiger partial charge in [-0.1, -0.05) is 6.92 Å². The number of nitrogens with zero attached hydrogens (tertiary/aromatic N) is 2. The van der Waals surface area contributed by atoms with Gasteiger partial charge in [0, 0.05) is 21.7 Å². The maximum absolute atomic E-state index is 11.6. The minimum atomic E-state index is -2.02. The van der Waals surface area contributed by atoms with Crippen LogP contribution >= 0.6 is 0 Å². The zero-order valence-corrected chi connectivity index (χ0v) is 9.25. The van der Waals surface area contributed by atoms with Crippen LogP contribution in [0.15, 0.2) is 22.7 Å². The van der Waals surface area contributed by atoms with Crippen LogP contribution in [0.4, 0.5) is 5.69 Å². The molecule has 2 N–H and O–H groups in total. The summed E-state index contributed by atoms with van der Waals surface area (Å²) >= 11 is 0. The molecule has 0 amide bonds. The molecule has 78 valence electrons. The van der Waals surface area contributed by atoms with Crippen molar-refractivity contribution in [2.45, 2.75) is 13.5 Å². The second-order valence-electron chi connectivity index (χ2n) is 3.12. The molecular weight excluding hydrogens is 198 g/mol. The molecule has 0 saturated heterocycles. The molecule has 0 radical (unpaired) electrons. The van der Waals surface area contributed by atoms with E-state index in [9.17, 15) is 4.21 Å². The van der Waals surface area contributed by atoms with E-state index in [1.165, 1.54) is 0 Å². The zero-order chi connectivity index (χ0) is 10.6. The first-order valence-corrected chi connectivity index (χ1v) is 6.49. The van der Waals surface area contributed by atoms with E-state index >= 15 is 0 Å². The second-order valence-corrected chi connectivity index (χ2v) is 5.87. The molecule has 0 aliphatic carbocycles. The lowest BCUT2D eigenvalue weighted by Gasteiger charge is -2.00. The lowest BCUT2D eigenvalue weighted by Crippen LogP contribution is -2.00. The normalized spacial score (nSPS) is 14.7. The molecule has 0 aliphatic heterocycles. The molecule has 1 rings (SSSR count). The number of aromatic nitrogens is 1. The maximum Gasteiger partial charge on any atom is 0.0906 e. The molecule has 0 saturated carbocycles. The Kier molecular flexibility index (Phi) is 3.46. The van der Waals surface area contributed by atoms with Crippen molar-refractivity contribution in [1.29, 1.82) is 0 Å². The summed E-state index contributed by atoms with van der Waals surface area (Å²) in [5, 5.41) is 0. The van der Waals surface area contributed by atoms with Crippen LogP contribution in [0.5, 0.6) is 0 Å². The van der Waals surface area contributed by atoms with Crippen LogP contribution in [0.1, 0.15) is 12.6 Å². The first-order chi connectivity index (χ1) is 6.53. The number of hydrogen-bond acceptors (Lipinski definition) is 4. The number of rotatable bonds is 3. The van der Waals surface area contributed by atoms with Crippen LogP contribution in [0.25, 0.3) is 0 Å². The molecule has 1 heterocycles. The van der Waals surface area contributed by atoms with E-state index in [1.54, 1.807) is 24.6 Å². The average Bonchev–Trinajstić information content (AvgIpc) is 2.17. The average molecular weight is 213 g/mol. The molecule has 1 aromatic rings. The predicted octanol–water partition coefficient (Wildman–Crippen LogP) is 1.28. The van der Waals surface area contributed by atoms with Gasteiger partial charge in [-0.15, -0.1) is 0 Å². The maximum atomic E-state index is 11.6. The lowest BCUT2D eigenvalue weighted by atomic mass is 10.3. The van der Waals surface area contributed by atoms with E-state index in [4.69, 9.17) is 5.73 Å². The molecule has 1 aromatic heterocycles. The third-order valence-corrected chi connectivity index (χ3v) is 3.63. The molecule has 4 nitrogen and oxygen atoms in total. The molecule has 0 spiro atoms. The van der Waals surface area contributed by atoms with E-state index in [2.05, 4.69) is 9.35 Å². The Hall–Kier alpha value is -1.10. The molecule has 5 heteroatoms. The fraction of sp³-hybridized carbons (Fsp3) is 0.444.